The molecule has 0 saturated carbocycles. The molecule has 24 heavy (non-hydrogen) atoms. The van der Waals surface area contributed by atoms with Gasteiger partial charge in [-0.25, -0.2) is 9.67 Å². The van der Waals surface area contributed by atoms with Crippen LogP contribution in [-0.4, -0.2) is 40.5 Å². The molecule has 2 heterocycles. The van der Waals surface area contributed by atoms with Gasteiger partial charge in [-0.1, -0.05) is 12.1 Å². The average molecular weight is 328 g/mol. The Balaban J connectivity index is 1.79. The number of aromatic nitrogens is 3. The number of benzene rings is 1. The topological polar surface area (TPSA) is 92.3 Å². The van der Waals surface area contributed by atoms with Gasteiger partial charge in [-0.15, -0.1) is 0 Å². The smallest absolute Gasteiger partial charge is 0.225 e. The van der Waals surface area contributed by atoms with Gasteiger partial charge in [-0.05, 0) is 36.5 Å². The molecule has 0 spiro atoms. The summed E-state index contributed by atoms with van der Waals surface area (Å²) < 4.78 is 13.1. The number of carbonyl (C=O) groups excluding carboxylic acids is 1. The van der Waals surface area contributed by atoms with E-state index < -0.39 is 5.91 Å². The summed E-state index contributed by atoms with van der Waals surface area (Å²) in [5, 5.41) is 4.54. The Morgan fingerprint density at radius 3 is 3.04 bits per heavy atom. The minimum absolute atomic E-state index is 0.0165. The van der Waals surface area contributed by atoms with E-state index in [1.807, 2.05) is 16.8 Å². The molecule has 2 N–H and O–H groups in total. The second kappa shape index (κ2) is 6.33. The Kier molecular flexibility index (Phi) is 4.03. The average Bonchev–Trinajstić information content (AvgIpc) is 3.21. The molecule has 1 aliphatic heterocycles. The Bertz CT molecular complexity index is 765. The number of carbonyl (C=O) groups is 1. The van der Waals surface area contributed by atoms with Crippen molar-refractivity contribution in [3.05, 3.63) is 41.0 Å². The zero-order valence-corrected chi connectivity index (χ0v) is 13.4. The number of rotatable bonds is 4. The van der Waals surface area contributed by atoms with Crippen molar-refractivity contribution >= 4 is 5.91 Å². The number of fused-ring (bicyclic) bond motifs is 1. The maximum atomic E-state index is 11.3. The second-order valence-electron chi connectivity index (χ2n) is 6.14. The van der Waals surface area contributed by atoms with Crippen molar-refractivity contribution in [1.82, 2.24) is 14.8 Å². The summed E-state index contributed by atoms with van der Waals surface area (Å²) in [5.74, 6) is 0.645. The predicted molar refractivity (Wildman–Crippen MR) is 85.8 cm³/mol. The second-order valence-corrected chi connectivity index (χ2v) is 6.14. The highest BCUT2D eigenvalue weighted by Gasteiger charge is 2.27. The Morgan fingerprint density at radius 1 is 1.33 bits per heavy atom. The number of aryl methyl sites for hydroxylation is 1. The highest BCUT2D eigenvalue weighted by atomic mass is 16.6. The van der Waals surface area contributed by atoms with Crippen LogP contribution in [-0.2, 0) is 33.5 Å². The van der Waals surface area contributed by atoms with E-state index in [1.54, 1.807) is 0 Å². The van der Waals surface area contributed by atoms with Crippen molar-refractivity contribution in [2.24, 2.45) is 5.73 Å². The third-order valence-electron chi connectivity index (χ3n) is 4.46. The van der Waals surface area contributed by atoms with E-state index in [4.69, 9.17) is 15.2 Å². The molecule has 1 amide bonds. The summed E-state index contributed by atoms with van der Waals surface area (Å²) >= 11 is 0. The summed E-state index contributed by atoms with van der Waals surface area (Å²) in [6.07, 6.45) is 2.99. The first-order valence-electron chi connectivity index (χ1n) is 8.27. The molecule has 0 bridgehead atoms. The van der Waals surface area contributed by atoms with Gasteiger partial charge in [0.15, 0.2) is 11.6 Å². The Hall–Kier alpha value is -2.25. The summed E-state index contributed by atoms with van der Waals surface area (Å²) in [7, 11) is 0. The van der Waals surface area contributed by atoms with Gasteiger partial charge in [-0.2, -0.15) is 5.10 Å². The molecule has 1 aliphatic carbocycles. The highest BCUT2D eigenvalue weighted by molar-refractivity contribution is 5.75. The standard InChI is InChI=1S/C17H20N4O3/c18-15(22)9-16-19-17(14-10-23-7-8-24-14)21(20-16)13-6-2-4-11-3-1-5-12(11)13/h2,4,6,14H,1,3,5,7-10H2,(H2,18,22). The quantitative estimate of drug-likeness (QED) is 0.899. The molecule has 1 atom stereocenters. The normalized spacial score (nSPS) is 20.1. The van der Waals surface area contributed by atoms with Gasteiger partial charge in [-0.3, -0.25) is 4.79 Å². The first kappa shape index (κ1) is 15.3. The minimum Gasteiger partial charge on any atom is -0.376 e. The molecule has 4 rings (SSSR count). The van der Waals surface area contributed by atoms with E-state index in [9.17, 15) is 4.79 Å². The van der Waals surface area contributed by atoms with Crippen LogP contribution in [0.2, 0.25) is 0 Å². The van der Waals surface area contributed by atoms with Gasteiger partial charge < -0.3 is 15.2 Å². The monoisotopic (exact) mass is 328 g/mol. The molecule has 1 fully saturated rings. The lowest BCUT2D eigenvalue weighted by molar-refractivity contribution is -0.117. The SMILES string of the molecule is NC(=O)Cc1nc(C2COCCO2)n(-c2cccc3c2CCC3)n1. The van der Waals surface area contributed by atoms with Gasteiger partial charge in [0.05, 0.1) is 31.9 Å². The molecule has 1 aromatic heterocycles. The van der Waals surface area contributed by atoms with Crippen molar-refractivity contribution in [2.75, 3.05) is 19.8 Å². The fraction of sp³-hybridized carbons (Fsp3) is 0.471. The summed E-state index contributed by atoms with van der Waals surface area (Å²) in [6.45, 7) is 1.54. The fourth-order valence-electron chi connectivity index (χ4n) is 3.42. The van der Waals surface area contributed by atoms with Gasteiger partial charge >= 0.3 is 0 Å². The van der Waals surface area contributed by atoms with Crippen molar-refractivity contribution in [2.45, 2.75) is 31.8 Å². The van der Waals surface area contributed by atoms with Gasteiger partial charge in [0.2, 0.25) is 5.91 Å². The summed E-state index contributed by atoms with van der Waals surface area (Å²) in [5.41, 5.74) is 8.97. The van der Waals surface area contributed by atoms with Crippen molar-refractivity contribution in [3.63, 3.8) is 0 Å². The molecule has 2 aromatic rings. The van der Waals surface area contributed by atoms with E-state index in [0.717, 1.165) is 24.9 Å². The number of nitrogens with zero attached hydrogens (tertiary/aromatic N) is 3. The third-order valence-corrected chi connectivity index (χ3v) is 4.46. The molecule has 7 heteroatoms. The van der Waals surface area contributed by atoms with E-state index in [1.165, 1.54) is 11.1 Å². The zero-order chi connectivity index (χ0) is 16.5. The van der Waals surface area contributed by atoms with Crippen LogP contribution in [0.25, 0.3) is 5.69 Å². The van der Waals surface area contributed by atoms with Crippen molar-refractivity contribution in [3.8, 4) is 5.69 Å². The van der Waals surface area contributed by atoms with Crippen LogP contribution in [0.1, 0.15) is 35.3 Å². The predicted octanol–water partition coefficient (Wildman–Crippen LogP) is 0.872. The van der Waals surface area contributed by atoms with Crippen LogP contribution in [0, 0.1) is 0 Å². The molecule has 126 valence electrons. The molecular weight excluding hydrogens is 308 g/mol. The minimum atomic E-state index is -0.446. The van der Waals surface area contributed by atoms with Gasteiger partial charge in [0.25, 0.3) is 0 Å². The lowest BCUT2D eigenvalue weighted by Gasteiger charge is -2.23. The van der Waals surface area contributed by atoms with Crippen molar-refractivity contribution in [1.29, 1.82) is 0 Å². The maximum absolute atomic E-state index is 11.3. The van der Waals surface area contributed by atoms with Crippen molar-refractivity contribution < 1.29 is 14.3 Å². The lowest BCUT2D eigenvalue weighted by Crippen LogP contribution is -2.25. The van der Waals surface area contributed by atoms with Crippen LogP contribution in [0.15, 0.2) is 18.2 Å². The van der Waals surface area contributed by atoms with E-state index >= 15 is 0 Å². The van der Waals surface area contributed by atoms with Crippen LogP contribution < -0.4 is 5.73 Å². The number of hydrogen-bond donors (Lipinski definition) is 1. The molecule has 1 saturated heterocycles. The first-order valence-corrected chi connectivity index (χ1v) is 8.27. The van der Waals surface area contributed by atoms with E-state index in [-0.39, 0.29) is 12.5 Å². The number of primary amides is 1. The number of amides is 1. The molecule has 2 aliphatic rings. The molecule has 7 nitrogen and oxygen atoms in total. The Labute approximate surface area is 139 Å². The maximum Gasteiger partial charge on any atom is 0.225 e. The van der Waals surface area contributed by atoms with Crippen LogP contribution >= 0.6 is 0 Å². The summed E-state index contributed by atoms with van der Waals surface area (Å²) in [4.78, 5) is 15.8. The van der Waals surface area contributed by atoms with E-state index in [0.29, 0.717) is 31.5 Å². The largest absolute Gasteiger partial charge is 0.376 e. The van der Waals surface area contributed by atoms with Crippen LogP contribution in [0.5, 0.6) is 0 Å². The van der Waals surface area contributed by atoms with Gasteiger partial charge in [0, 0.05) is 0 Å². The van der Waals surface area contributed by atoms with E-state index in [2.05, 4.69) is 16.1 Å². The van der Waals surface area contributed by atoms with Gasteiger partial charge in [0.1, 0.15) is 6.10 Å². The zero-order valence-electron chi connectivity index (χ0n) is 13.4. The first-order chi connectivity index (χ1) is 11.7. The molecule has 0 radical (unpaired) electrons. The Morgan fingerprint density at radius 2 is 2.25 bits per heavy atom. The fourth-order valence-corrected chi connectivity index (χ4v) is 3.42. The number of nitrogens with two attached hydrogens (primary N) is 1. The third kappa shape index (κ3) is 2.81. The molecule has 1 aromatic carbocycles. The molecule has 1 unspecified atom stereocenters. The summed E-state index contributed by atoms with van der Waals surface area (Å²) in [6, 6.07) is 6.24. The lowest BCUT2D eigenvalue weighted by atomic mass is 10.1. The highest BCUT2D eigenvalue weighted by Crippen LogP contribution is 2.30. The number of hydrogen-bond acceptors (Lipinski definition) is 5. The van der Waals surface area contributed by atoms with Crippen LogP contribution in [0.3, 0.4) is 0 Å². The van der Waals surface area contributed by atoms with Crippen LogP contribution in [0.4, 0.5) is 0 Å². The number of ether oxygens (including phenoxy) is 2. The molecular formula is C17H20N4O3.